The predicted molar refractivity (Wildman–Crippen MR) is 116 cm³/mol. The lowest BCUT2D eigenvalue weighted by molar-refractivity contribution is -0.123. The van der Waals surface area contributed by atoms with E-state index in [9.17, 15) is 14.4 Å². The van der Waals surface area contributed by atoms with Gasteiger partial charge in [0.15, 0.2) is 0 Å². The van der Waals surface area contributed by atoms with Crippen LogP contribution in [0.1, 0.15) is 22.1 Å². The lowest BCUT2D eigenvalue weighted by Crippen LogP contribution is -2.27. The molecule has 1 aromatic carbocycles. The van der Waals surface area contributed by atoms with Crippen LogP contribution in [0.25, 0.3) is 17.4 Å². The van der Waals surface area contributed by atoms with Gasteiger partial charge in [0, 0.05) is 16.7 Å². The first kappa shape index (κ1) is 21.3. The third-order valence-electron chi connectivity index (χ3n) is 4.33. The van der Waals surface area contributed by atoms with Crippen LogP contribution in [0.4, 0.5) is 4.79 Å². The van der Waals surface area contributed by atoms with Crippen molar-refractivity contribution in [1.82, 2.24) is 4.90 Å². The Bertz CT molecular complexity index is 1230. The summed E-state index contributed by atoms with van der Waals surface area (Å²) < 4.78 is 15.7. The van der Waals surface area contributed by atoms with E-state index in [0.29, 0.717) is 27.1 Å². The minimum Gasteiger partial charge on any atom is -0.463 e. The molecule has 2 aromatic heterocycles. The lowest BCUT2D eigenvalue weighted by Gasteiger charge is -2.09. The molecule has 1 aliphatic heterocycles. The highest BCUT2D eigenvalue weighted by Crippen LogP contribution is 2.36. The number of hydrogen-bond donors (Lipinski definition) is 0. The summed E-state index contributed by atoms with van der Waals surface area (Å²) in [5.74, 6) is 0.0179. The van der Waals surface area contributed by atoms with Crippen LogP contribution in [0.2, 0.25) is 10.0 Å². The van der Waals surface area contributed by atoms with E-state index in [1.54, 1.807) is 30.3 Å². The van der Waals surface area contributed by atoms with Crippen molar-refractivity contribution in [3.8, 4) is 11.3 Å². The van der Waals surface area contributed by atoms with E-state index in [0.717, 1.165) is 16.7 Å². The Morgan fingerprint density at radius 3 is 2.68 bits per heavy atom. The standard InChI is InChI=1S/C21H13Cl2NO6S/c1-28-20(26)17-7-4-13(30-17)10-24-19(25)18(31-21(24)27)9-12-3-6-16(29-12)14-5-2-11(22)8-15(14)23/h2-9H,10H2,1H3. The normalized spacial score (nSPS) is 15.2. The molecular weight excluding hydrogens is 465 g/mol. The SMILES string of the molecule is COC(=O)c1ccc(CN2C(=O)SC(=Cc3ccc(-c4ccc(Cl)cc4Cl)o3)C2=O)o1. The number of esters is 1. The van der Waals surface area contributed by atoms with Crippen molar-refractivity contribution in [1.29, 1.82) is 0 Å². The fourth-order valence-corrected chi connectivity index (χ4v) is 4.18. The van der Waals surface area contributed by atoms with Crippen molar-refractivity contribution in [2.75, 3.05) is 7.11 Å². The Morgan fingerprint density at radius 2 is 1.94 bits per heavy atom. The molecule has 7 nitrogen and oxygen atoms in total. The van der Waals surface area contributed by atoms with E-state index < -0.39 is 17.1 Å². The first-order valence-electron chi connectivity index (χ1n) is 8.83. The molecule has 3 aromatic rings. The van der Waals surface area contributed by atoms with Crippen LogP contribution in [-0.4, -0.2) is 29.1 Å². The molecule has 0 aliphatic carbocycles. The molecule has 31 heavy (non-hydrogen) atoms. The molecule has 0 radical (unpaired) electrons. The van der Waals surface area contributed by atoms with Gasteiger partial charge in [0.2, 0.25) is 5.76 Å². The third-order valence-corrected chi connectivity index (χ3v) is 5.79. The van der Waals surface area contributed by atoms with Crippen molar-refractivity contribution < 1.29 is 28.0 Å². The van der Waals surface area contributed by atoms with E-state index >= 15 is 0 Å². The second-order valence-electron chi connectivity index (χ2n) is 6.35. The summed E-state index contributed by atoms with van der Waals surface area (Å²) in [4.78, 5) is 37.7. The summed E-state index contributed by atoms with van der Waals surface area (Å²) in [6, 6.07) is 11.3. The minimum atomic E-state index is -0.644. The monoisotopic (exact) mass is 477 g/mol. The van der Waals surface area contributed by atoms with Gasteiger partial charge in [-0.25, -0.2) is 4.79 Å². The van der Waals surface area contributed by atoms with Crippen LogP contribution in [0.5, 0.6) is 0 Å². The molecule has 1 fully saturated rings. The highest BCUT2D eigenvalue weighted by molar-refractivity contribution is 8.18. The number of ether oxygens (including phenoxy) is 1. The number of methoxy groups -OCH3 is 1. The third kappa shape index (κ3) is 4.41. The minimum absolute atomic E-state index is 0.0102. The van der Waals surface area contributed by atoms with Crippen molar-refractivity contribution in [2.45, 2.75) is 6.54 Å². The number of benzene rings is 1. The van der Waals surface area contributed by atoms with Gasteiger partial charge in [-0.1, -0.05) is 23.2 Å². The number of thioether (sulfide) groups is 1. The Morgan fingerprint density at radius 1 is 1.13 bits per heavy atom. The molecule has 10 heteroatoms. The summed E-state index contributed by atoms with van der Waals surface area (Å²) in [6.07, 6.45) is 1.49. The molecule has 0 N–H and O–H groups in total. The van der Waals surface area contributed by atoms with Gasteiger partial charge < -0.3 is 13.6 Å². The topological polar surface area (TPSA) is 90.0 Å². The Hall–Kier alpha value is -2.94. The number of halogens is 2. The quantitative estimate of drug-likeness (QED) is 0.335. The largest absolute Gasteiger partial charge is 0.463 e. The Balaban J connectivity index is 1.51. The number of carbonyl (C=O) groups is 3. The van der Waals surface area contributed by atoms with Gasteiger partial charge in [-0.15, -0.1) is 0 Å². The average Bonchev–Trinajstić information content (AvgIpc) is 3.45. The molecule has 4 rings (SSSR count). The average molecular weight is 478 g/mol. The van der Waals surface area contributed by atoms with Gasteiger partial charge in [0.05, 0.1) is 23.6 Å². The lowest BCUT2D eigenvalue weighted by atomic mass is 10.2. The van der Waals surface area contributed by atoms with Crippen LogP contribution in [0.3, 0.4) is 0 Å². The van der Waals surface area contributed by atoms with Crippen LogP contribution in [0.15, 0.2) is 56.2 Å². The fourth-order valence-electron chi connectivity index (χ4n) is 2.86. The van der Waals surface area contributed by atoms with Crippen molar-refractivity contribution in [3.63, 3.8) is 0 Å². The zero-order chi connectivity index (χ0) is 22.1. The van der Waals surface area contributed by atoms with Gasteiger partial charge >= 0.3 is 5.97 Å². The highest BCUT2D eigenvalue weighted by Gasteiger charge is 2.36. The van der Waals surface area contributed by atoms with Crippen LogP contribution < -0.4 is 0 Å². The van der Waals surface area contributed by atoms with E-state index in [-0.39, 0.29) is 23.0 Å². The number of nitrogens with zero attached hydrogens (tertiary/aromatic N) is 1. The van der Waals surface area contributed by atoms with Gasteiger partial charge in [0.25, 0.3) is 11.1 Å². The molecule has 3 heterocycles. The zero-order valence-electron chi connectivity index (χ0n) is 15.9. The first-order valence-corrected chi connectivity index (χ1v) is 10.4. The molecule has 0 saturated carbocycles. The van der Waals surface area contributed by atoms with Crippen molar-refractivity contribution in [2.24, 2.45) is 0 Å². The van der Waals surface area contributed by atoms with Crippen LogP contribution >= 0.6 is 35.0 Å². The van der Waals surface area contributed by atoms with E-state index in [2.05, 4.69) is 4.74 Å². The van der Waals surface area contributed by atoms with Gasteiger partial charge in [-0.05, 0) is 54.2 Å². The number of rotatable bonds is 5. The zero-order valence-corrected chi connectivity index (χ0v) is 18.2. The summed E-state index contributed by atoms with van der Waals surface area (Å²) in [5.41, 5.74) is 0.651. The maximum atomic E-state index is 12.7. The van der Waals surface area contributed by atoms with Gasteiger partial charge in [-0.3, -0.25) is 14.5 Å². The van der Waals surface area contributed by atoms with E-state index in [1.807, 2.05) is 0 Å². The Kier molecular flexibility index (Phi) is 5.95. The fraction of sp³-hybridized carbons (Fsp3) is 0.0952. The number of amides is 2. The maximum Gasteiger partial charge on any atom is 0.373 e. The van der Waals surface area contributed by atoms with E-state index in [4.69, 9.17) is 32.0 Å². The number of imide groups is 1. The molecule has 1 saturated heterocycles. The predicted octanol–water partition coefficient (Wildman–Crippen LogP) is 5.87. The molecule has 2 amide bonds. The maximum absolute atomic E-state index is 12.7. The summed E-state index contributed by atoms with van der Waals surface area (Å²) in [6.45, 7) is -0.108. The highest BCUT2D eigenvalue weighted by atomic mass is 35.5. The Labute approximate surface area is 190 Å². The number of carbonyl (C=O) groups excluding carboxylic acids is 3. The van der Waals surface area contributed by atoms with Crippen molar-refractivity contribution in [3.05, 3.63) is 74.7 Å². The van der Waals surface area contributed by atoms with Crippen LogP contribution in [-0.2, 0) is 16.1 Å². The summed E-state index contributed by atoms with van der Waals surface area (Å²) in [5, 5.41) is 0.475. The molecular formula is C21H13Cl2NO6S. The number of hydrogen-bond acceptors (Lipinski definition) is 7. The molecule has 158 valence electrons. The summed E-state index contributed by atoms with van der Waals surface area (Å²) in [7, 11) is 1.23. The molecule has 0 spiro atoms. The van der Waals surface area contributed by atoms with Crippen LogP contribution in [0, 0.1) is 0 Å². The smallest absolute Gasteiger partial charge is 0.373 e. The molecule has 0 bridgehead atoms. The number of furan rings is 2. The molecule has 0 atom stereocenters. The molecule has 0 unspecified atom stereocenters. The second kappa shape index (κ2) is 8.66. The van der Waals surface area contributed by atoms with Gasteiger partial charge in [0.1, 0.15) is 17.3 Å². The van der Waals surface area contributed by atoms with Crippen molar-refractivity contribution >= 4 is 58.2 Å². The van der Waals surface area contributed by atoms with Gasteiger partial charge in [-0.2, -0.15) is 0 Å². The first-order chi connectivity index (χ1) is 14.9. The summed E-state index contributed by atoms with van der Waals surface area (Å²) >= 11 is 12.9. The molecule has 1 aliphatic rings. The van der Waals surface area contributed by atoms with E-state index in [1.165, 1.54) is 25.3 Å². The second-order valence-corrected chi connectivity index (χ2v) is 8.19.